The zero-order valence-corrected chi connectivity index (χ0v) is 11.6. The number of rotatable bonds is 6. The Morgan fingerprint density at radius 3 is 2.88 bits per heavy atom. The second-order valence-corrected chi connectivity index (χ2v) is 6.22. The van der Waals surface area contributed by atoms with Gasteiger partial charge in [-0.3, -0.25) is 0 Å². The molecular weight excluding hydrogens is 210 g/mol. The summed E-state index contributed by atoms with van der Waals surface area (Å²) in [6.45, 7) is 9.11. The van der Waals surface area contributed by atoms with Gasteiger partial charge >= 0.3 is 0 Å². The Morgan fingerprint density at radius 1 is 1.47 bits per heavy atom. The third kappa shape index (κ3) is 6.05. The summed E-state index contributed by atoms with van der Waals surface area (Å²) >= 11 is 0. The Kier molecular flexibility index (Phi) is 5.94. The van der Waals surface area contributed by atoms with Crippen LogP contribution in [-0.2, 0) is 0 Å². The number of piperidine rings is 1. The van der Waals surface area contributed by atoms with Gasteiger partial charge in [-0.15, -0.1) is 0 Å². The predicted molar refractivity (Wildman–Crippen MR) is 71.7 cm³/mol. The van der Waals surface area contributed by atoms with Crippen molar-refractivity contribution in [3.05, 3.63) is 0 Å². The van der Waals surface area contributed by atoms with E-state index in [1.165, 1.54) is 25.9 Å². The summed E-state index contributed by atoms with van der Waals surface area (Å²) in [7, 11) is 2.21. The fourth-order valence-electron chi connectivity index (χ4n) is 2.54. The molecule has 1 N–H and O–H groups in total. The van der Waals surface area contributed by atoms with E-state index in [1.807, 2.05) is 0 Å². The van der Waals surface area contributed by atoms with Gasteiger partial charge in [-0.25, -0.2) is 0 Å². The van der Waals surface area contributed by atoms with Crippen LogP contribution < -0.4 is 5.32 Å². The van der Waals surface area contributed by atoms with Crippen molar-refractivity contribution in [3.63, 3.8) is 0 Å². The highest BCUT2D eigenvalue weighted by molar-refractivity contribution is 4.80. The molecule has 1 rings (SSSR count). The Labute approximate surface area is 106 Å². The van der Waals surface area contributed by atoms with Crippen molar-refractivity contribution in [2.75, 3.05) is 33.2 Å². The largest absolute Gasteiger partial charge is 0.316 e. The average Bonchev–Trinajstić information content (AvgIpc) is 2.26. The molecule has 0 radical (unpaired) electrons. The molecule has 1 atom stereocenters. The maximum atomic E-state index is 8.61. The molecule has 0 aromatic carbocycles. The number of nitrogens with zero attached hydrogens (tertiary/aromatic N) is 2. The van der Waals surface area contributed by atoms with Crippen LogP contribution in [0.4, 0.5) is 0 Å². The van der Waals surface area contributed by atoms with Crippen LogP contribution in [0.1, 0.15) is 39.5 Å². The van der Waals surface area contributed by atoms with Crippen molar-refractivity contribution >= 4 is 0 Å². The van der Waals surface area contributed by atoms with Gasteiger partial charge in [-0.1, -0.05) is 13.8 Å². The SMILES string of the molecule is CN1CCCC(CNCC(C)(C)CCC#N)C1. The van der Waals surface area contributed by atoms with E-state index in [-0.39, 0.29) is 5.41 Å². The first-order valence-corrected chi connectivity index (χ1v) is 6.80. The molecule has 0 aromatic heterocycles. The lowest BCUT2D eigenvalue weighted by Crippen LogP contribution is -2.39. The maximum Gasteiger partial charge on any atom is 0.0621 e. The van der Waals surface area contributed by atoms with E-state index in [2.05, 4.69) is 37.2 Å². The van der Waals surface area contributed by atoms with Crippen LogP contribution in [0.5, 0.6) is 0 Å². The molecule has 1 fully saturated rings. The summed E-state index contributed by atoms with van der Waals surface area (Å²) < 4.78 is 0. The zero-order chi connectivity index (χ0) is 12.7. The first-order chi connectivity index (χ1) is 8.03. The standard InChI is InChI=1S/C14H27N3/c1-14(2,7-5-8-15)12-16-10-13-6-4-9-17(3)11-13/h13,16H,4-7,9-12H2,1-3H3. The van der Waals surface area contributed by atoms with Gasteiger partial charge in [0.2, 0.25) is 0 Å². The molecule has 3 nitrogen and oxygen atoms in total. The quantitative estimate of drug-likeness (QED) is 0.770. The fraction of sp³-hybridized carbons (Fsp3) is 0.929. The Bertz CT molecular complexity index is 255. The molecular formula is C14H27N3. The van der Waals surface area contributed by atoms with E-state index < -0.39 is 0 Å². The second kappa shape index (κ2) is 6.98. The highest BCUT2D eigenvalue weighted by Crippen LogP contribution is 2.21. The minimum absolute atomic E-state index is 0.246. The van der Waals surface area contributed by atoms with Gasteiger partial charge in [0.15, 0.2) is 0 Å². The topological polar surface area (TPSA) is 39.1 Å². The van der Waals surface area contributed by atoms with E-state index in [4.69, 9.17) is 5.26 Å². The first-order valence-electron chi connectivity index (χ1n) is 6.80. The van der Waals surface area contributed by atoms with Crippen LogP contribution in [-0.4, -0.2) is 38.1 Å². The van der Waals surface area contributed by atoms with E-state index in [0.29, 0.717) is 6.42 Å². The number of hydrogen-bond donors (Lipinski definition) is 1. The number of likely N-dealkylation sites (tertiary alicyclic amines) is 1. The summed E-state index contributed by atoms with van der Waals surface area (Å²) in [5.74, 6) is 0.806. The maximum absolute atomic E-state index is 8.61. The summed E-state index contributed by atoms with van der Waals surface area (Å²) in [6.07, 6.45) is 4.35. The number of nitrogens with one attached hydrogen (secondary N) is 1. The van der Waals surface area contributed by atoms with Crippen LogP contribution in [0, 0.1) is 22.7 Å². The van der Waals surface area contributed by atoms with Crippen molar-refractivity contribution < 1.29 is 0 Å². The molecule has 0 aromatic rings. The third-order valence-electron chi connectivity index (χ3n) is 3.67. The summed E-state index contributed by atoms with van der Waals surface area (Å²) in [5, 5.41) is 12.2. The van der Waals surface area contributed by atoms with Gasteiger partial charge < -0.3 is 10.2 Å². The van der Waals surface area contributed by atoms with Crippen LogP contribution in [0.15, 0.2) is 0 Å². The van der Waals surface area contributed by atoms with E-state index >= 15 is 0 Å². The molecule has 0 aliphatic carbocycles. The molecule has 1 unspecified atom stereocenters. The highest BCUT2D eigenvalue weighted by atomic mass is 15.1. The molecule has 1 heterocycles. The number of hydrogen-bond acceptors (Lipinski definition) is 3. The van der Waals surface area contributed by atoms with Crippen LogP contribution in [0.25, 0.3) is 0 Å². The van der Waals surface area contributed by atoms with Gasteiger partial charge in [0.25, 0.3) is 0 Å². The highest BCUT2D eigenvalue weighted by Gasteiger charge is 2.20. The lowest BCUT2D eigenvalue weighted by molar-refractivity contribution is 0.199. The van der Waals surface area contributed by atoms with Gasteiger partial charge in [0, 0.05) is 19.5 Å². The van der Waals surface area contributed by atoms with Crippen molar-refractivity contribution in [1.29, 1.82) is 5.26 Å². The second-order valence-electron chi connectivity index (χ2n) is 6.22. The molecule has 0 saturated carbocycles. The molecule has 1 aliphatic heterocycles. The van der Waals surface area contributed by atoms with Crippen LogP contribution in [0.3, 0.4) is 0 Å². The summed E-state index contributed by atoms with van der Waals surface area (Å²) in [4.78, 5) is 2.43. The minimum Gasteiger partial charge on any atom is -0.316 e. The molecule has 17 heavy (non-hydrogen) atoms. The summed E-state index contributed by atoms with van der Waals surface area (Å²) in [5.41, 5.74) is 0.246. The molecule has 1 aliphatic rings. The normalized spacial score (nSPS) is 22.4. The van der Waals surface area contributed by atoms with Gasteiger partial charge in [0.05, 0.1) is 6.07 Å². The lowest BCUT2D eigenvalue weighted by atomic mass is 9.87. The molecule has 0 spiro atoms. The lowest BCUT2D eigenvalue weighted by Gasteiger charge is -2.31. The van der Waals surface area contributed by atoms with E-state index in [1.54, 1.807) is 0 Å². The van der Waals surface area contributed by atoms with Crippen molar-refractivity contribution in [2.45, 2.75) is 39.5 Å². The Morgan fingerprint density at radius 2 is 2.24 bits per heavy atom. The Hall–Kier alpha value is -0.590. The van der Waals surface area contributed by atoms with Gasteiger partial charge in [-0.05, 0) is 50.7 Å². The third-order valence-corrected chi connectivity index (χ3v) is 3.67. The van der Waals surface area contributed by atoms with Gasteiger partial charge in [-0.2, -0.15) is 5.26 Å². The van der Waals surface area contributed by atoms with Crippen molar-refractivity contribution in [2.24, 2.45) is 11.3 Å². The molecule has 0 amide bonds. The van der Waals surface area contributed by atoms with E-state index in [9.17, 15) is 0 Å². The number of nitriles is 1. The summed E-state index contributed by atoms with van der Waals surface area (Å²) in [6, 6.07) is 2.23. The first kappa shape index (κ1) is 14.5. The smallest absolute Gasteiger partial charge is 0.0621 e. The molecule has 98 valence electrons. The minimum atomic E-state index is 0.246. The van der Waals surface area contributed by atoms with Crippen LogP contribution >= 0.6 is 0 Å². The monoisotopic (exact) mass is 237 g/mol. The van der Waals surface area contributed by atoms with Gasteiger partial charge in [0.1, 0.15) is 0 Å². The molecule has 1 saturated heterocycles. The van der Waals surface area contributed by atoms with Crippen molar-refractivity contribution in [3.8, 4) is 6.07 Å². The fourth-order valence-corrected chi connectivity index (χ4v) is 2.54. The van der Waals surface area contributed by atoms with Crippen molar-refractivity contribution in [1.82, 2.24) is 10.2 Å². The van der Waals surface area contributed by atoms with E-state index in [0.717, 1.165) is 25.4 Å². The zero-order valence-electron chi connectivity index (χ0n) is 11.6. The Balaban J connectivity index is 2.16. The predicted octanol–water partition coefficient (Wildman–Crippen LogP) is 2.25. The molecule has 3 heteroatoms. The average molecular weight is 237 g/mol. The van der Waals surface area contributed by atoms with Crippen LogP contribution in [0.2, 0.25) is 0 Å². The molecule has 0 bridgehead atoms.